The van der Waals surface area contributed by atoms with Gasteiger partial charge in [0.1, 0.15) is 23.2 Å². The number of nitrogens with one attached hydrogen (secondary N) is 2. The first-order chi connectivity index (χ1) is 15.4. The first kappa shape index (κ1) is 21.9. The van der Waals surface area contributed by atoms with Crippen LogP contribution < -0.4 is 16.4 Å². The molecule has 3 aromatic rings. The van der Waals surface area contributed by atoms with E-state index < -0.39 is 5.82 Å². The quantitative estimate of drug-likeness (QED) is 0.508. The molecular weight excluding hydrogens is 435 g/mol. The van der Waals surface area contributed by atoms with Gasteiger partial charge in [-0.15, -0.1) is 0 Å². The number of benzene rings is 1. The fraction of sp³-hybridized carbons (Fsp3) is 0.381. The molecule has 168 valence electrons. The summed E-state index contributed by atoms with van der Waals surface area (Å²) in [5.41, 5.74) is 7.17. The number of fused-ring (bicyclic) bond motifs is 1. The van der Waals surface area contributed by atoms with E-state index in [0.29, 0.717) is 35.0 Å². The van der Waals surface area contributed by atoms with Gasteiger partial charge in [0, 0.05) is 24.3 Å². The van der Waals surface area contributed by atoms with Gasteiger partial charge >= 0.3 is 6.03 Å². The molecule has 0 saturated heterocycles. The number of hydrogen-bond acceptors (Lipinski definition) is 7. The van der Waals surface area contributed by atoms with Crippen LogP contribution in [0.1, 0.15) is 32.6 Å². The van der Waals surface area contributed by atoms with Crippen molar-refractivity contribution < 1.29 is 9.18 Å². The van der Waals surface area contributed by atoms with Crippen molar-refractivity contribution in [2.75, 3.05) is 17.2 Å². The molecule has 4 N–H and O–H groups in total. The molecule has 0 spiro atoms. The van der Waals surface area contributed by atoms with Crippen molar-refractivity contribution in [2.45, 2.75) is 44.7 Å². The van der Waals surface area contributed by atoms with Gasteiger partial charge in [0.15, 0.2) is 5.82 Å². The molecule has 1 aromatic carbocycles. The van der Waals surface area contributed by atoms with E-state index in [9.17, 15) is 9.18 Å². The number of primary amides is 1. The van der Waals surface area contributed by atoms with Crippen LogP contribution in [-0.4, -0.2) is 49.5 Å². The second-order valence-corrected chi connectivity index (χ2v) is 8.08. The van der Waals surface area contributed by atoms with Crippen molar-refractivity contribution in [3.8, 4) is 0 Å². The summed E-state index contributed by atoms with van der Waals surface area (Å²) in [5, 5.41) is 6.50. The summed E-state index contributed by atoms with van der Waals surface area (Å²) in [4.78, 5) is 30.8. The first-order valence-electron chi connectivity index (χ1n) is 10.5. The molecular formula is C21H24ClFN8O. The number of nitrogens with two attached hydrogens (primary N) is 1. The minimum atomic E-state index is -0.494. The molecule has 1 aliphatic carbocycles. The zero-order chi connectivity index (χ0) is 22.7. The molecule has 0 radical (unpaired) electrons. The van der Waals surface area contributed by atoms with Crippen molar-refractivity contribution in [3.63, 3.8) is 0 Å². The lowest BCUT2D eigenvalue weighted by atomic mass is 9.90. The van der Waals surface area contributed by atoms with E-state index in [-0.39, 0.29) is 23.1 Å². The monoisotopic (exact) mass is 458 g/mol. The number of hydrogen-bond donors (Lipinski definition) is 3. The fourth-order valence-corrected chi connectivity index (χ4v) is 4.21. The Morgan fingerprint density at radius 2 is 2.03 bits per heavy atom. The molecule has 2 aromatic heterocycles. The predicted molar refractivity (Wildman–Crippen MR) is 121 cm³/mol. The summed E-state index contributed by atoms with van der Waals surface area (Å²) < 4.78 is 13.5. The van der Waals surface area contributed by atoms with Gasteiger partial charge in [-0.25, -0.2) is 29.1 Å². The van der Waals surface area contributed by atoms with Gasteiger partial charge in [-0.3, -0.25) is 0 Å². The molecule has 32 heavy (non-hydrogen) atoms. The summed E-state index contributed by atoms with van der Waals surface area (Å²) in [6.07, 6.45) is 6.52. The molecule has 0 aliphatic heterocycles. The largest absolute Gasteiger partial charge is 0.351 e. The van der Waals surface area contributed by atoms with Crippen molar-refractivity contribution in [1.29, 1.82) is 0 Å². The number of urea groups is 1. The van der Waals surface area contributed by atoms with Gasteiger partial charge in [0.25, 0.3) is 0 Å². The van der Waals surface area contributed by atoms with E-state index in [4.69, 9.17) is 17.3 Å². The molecule has 1 saturated carbocycles. The summed E-state index contributed by atoms with van der Waals surface area (Å²) in [5.74, 6) is 0.441. The Morgan fingerprint density at radius 3 is 2.72 bits per heavy atom. The molecule has 1 aliphatic rings. The second-order valence-electron chi connectivity index (χ2n) is 7.68. The van der Waals surface area contributed by atoms with Crippen LogP contribution in [0.3, 0.4) is 0 Å². The average Bonchev–Trinajstić information content (AvgIpc) is 2.78. The lowest BCUT2D eigenvalue weighted by Gasteiger charge is -2.35. The average molecular weight is 459 g/mol. The Bertz CT molecular complexity index is 1120. The van der Waals surface area contributed by atoms with Crippen LogP contribution in [0.5, 0.6) is 0 Å². The number of halogens is 2. The van der Waals surface area contributed by atoms with Gasteiger partial charge < -0.3 is 21.3 Å². The third-order valence-corrected chi connectivity index (χ3v) is 5.94. The van der Waals surface area contributed by atoms with Crippen LogP contribution in [0.2, 0.25) is 5.02 Å². The first-order valence-corrected chi connectivity index (χ1v) is 10.8. The van der Waals surface area contributed by atoms with Crippen LogP contribution in [0.25, 0.3) is 11.0 Å². The highest BCUT2D eigenvalue weighted by molar-refractivity contribution is 6.31. The Hall–Kier alpha value is -3.27. The maximum atomic E-state index is 13.5. The van der Waals surface area contributed by atoms with E-state index in [0.717, 1.165) is 25.7 Å². The molecule has 11 heteroatoms. The summed E-state index contributed by atoms with van der Waals surface area (Å²) in [6.45, 7) is 2.55. The van der Waals surface area contributed by atoms with E-state index in [1.54, 1.807) is 17.2 Å². The van der Waals surface area contributed by atoms with Crippen LogP contribution in [0.15, 0.2) is 30.7 Å². The minimum absolute atomic E-state index is 0.0129. The van der Waals surface area contributed by atoms with Crippen LogP contribution in [-0.2, 0) is 0 Å². The maximum Gasteiger partial charge on any atom is 0.315 e. The van der Waals surface area contributed by atoms with Crippen LogP contribution in [0.4, 0.5) is 26.6 Å². The molecule has 0 unspecified atom stereocenters. The van der Waals surface area contributed by atoms with Crippen molar-refractivity contribution in [2.24, 2.45) is 5.73 Å². The normalized spacial score (nSPS) is 18.3. The SMILES string of the molecule is CCN(C(N)=O)C1CCC(Nc2ncc3ncnc(Nc4ccc(F)c(Cl)c4)c3n2)CC1. The van der Waals surface area contributed by atoms with E-state index in [2.05, 4.69) is 30.6 Å². The topological polar surface area (TPSA) is 122 Å². The van der Waals surface area contributed by atoms with Gasteiger partial charge in [-0.2, -0.15) is 0 Å². The molecule has 2 amide bonds. The van der Waals surface area contributed by atoms with Crippen molar-refractivity contribution in [3.05, 3.63) is 41.6 Å². The molecule has 1 fully saturated rings. The number of carbonyl (C=O) groups is 1. The van der Waals surface area contributed by atoms with E-state index >= 15 is 0 Å². The predicted octanol–water partition coefficient (Wildman–Crippen LogP) is 4.08. The van der Waals surface area contributed by atoms with Gasteiger partial charge in [0.2, 0.25) is 5.95 Å². The third kappa shape index (κ3) is 4.80. The standard InChI is InChI=1S/C21H24ClFN8O/c1-2-31(20(24)32)14-6-3-12(4-7-14)29-21-25-10-17-18(30-21)19(27-11-26-17)28-13-5-8-16(23)15(22)9-13/h5,8-12,14H,2-4,6-7H2,1H3,(H2,24,32)(H,25,29,30)(H,26,27,28). The van der Waals surface area contributed by atoms with Crippen molar-refractivity contribution in [1.82, 2.24) is 24.8 Å². The van der Waals surface area contributed by atoms with Crippen molar-refractivity contribution >= 4 is 46.1 Å². The van der Waals surface area contributed by atoms with Crippen LogP contribution in [0, 0.1) is 5.82 Å². The zero-order valence-corrected chi connectivity index (χ0v) is 18.3. The van der Waals surface area contributed by atoms with Crippen LogP contribution >= 0.6 is 11.6 Å². The highest BCUT2D eigenvalue weighted by atomic mass is 35.5. The van der Waals surface area contributed by atoms with Gasteiger partial charge in [0.05, 0.1) is 11.2 Å². The Morgan fingerprint density at radius 1 is 1.25 bits per heavy atom. The molecule has 2 heterocycles. The number of rotatable bonds is 6. The van der Waals surface area contributed by atoms with E-state index in [1.165, 1.54) is 18.5 Å². The Labute approximate surface area is 189 Å². The summed E-state index contributed by atoms with van der Waals surface area (Å²) in [6, 6.07) is 4.32. The summed E-state index contributed by atoms with van der Waals surface area (Å²) >= 11 is 5.88. The highest BCUT2D eigenvalue weighted by Crippen LogP contribution is 2.27. The number of anilines is 3. The third-order valence-electron chi connectivity index (χ3n) is 5.65. The number of amides is 2. The number of nitrogens with zero attached hydrogens (tertiary/aromatic N) is 5. The lowest BCUT2D eigenvalue weighted by Crippen LogP contribution is -2.46. The molecule has 4 rings (SSSR count). The molecule has 0 bridgehead atoms. The lowest BCUT2D eigenvalue weighted by molar-refractivity contribution is 0.165. The highest BCUT2D eigenvalue weighted by Gasteiger charge is 2.27. The minimum Gasteiger partial charge on any atom is -0.351 e. The Balaban J connectivity index is 1.48. The smallest absolute Gasteiger partial charge is 0.315 e. The zero-order valence-electron chi connectivity index (χ0n) is 17.6. The number of aromatic nitrogens is 4. The number of carbonyl (C=O) groups excluding carboxylic acids is 1. The maximum absolute atomic E-state index is 13.5. The van der Waals surface area contributed by atoms with Gasteiger partial charge in [-0.05, 0) is 50.8 Å². The Kier molecular flexibility index (Phi) is 6.50. The fourth-order valence-electron chi connectivity index (χ4n) is 4.03. The summed E-state index contributed by atoms with van der Waals surface area (Å²) in [7, 11) is 0. The van der Waals surface area contributed by atoms with E-state index in [1.807, 2.05) is 6.92 Å². The van der Waals surface area contributed by atoms with Gasteiger partial charge in [-0.1, -0.05) is 11.6 Å². The second kappa shape index (κ2) is 9.47. The molecule has 9 nitrogen and oxygen atoms in total. The molecule has 0 atom stereocenters.